The zero-order valence-corrected chi connectivity index (χ0v) is 33.4. The fraction of sp³-hybridized carbons (Fsp3) is 0.209. The van der Waals surface area contributed by atoms with Gasteiger partial charge in [0.05, 0.1) is 22.1 Å². The second-order valence-corrected chi connectivity index (χ2v) is 14.7. The highest BCUT2D eigenvalue weighted by Crippen LogP contribution is 2.33. The molecular formula is C43H45ClN10O4. The van der Waals surface area contributed by atoms with Gasteiger partial charge >= 0.3 is 12.2 Å². The number of carbonyl (C=O) groups excluding carboxylic acids is 1. The number of anilines is 3. The number of aryl methyl sites for hydroxylation is 1. The highest BCUT2D eigenvalue weighted by molar-refractivity contribution is 6.33. The smallest absolute Gasteiger partial charge is 0.407 e. The molecule has 0 aliphatic rings. The Balaban J connectivity index is 0.000000209. The van der Waals surface area contributed by atoms with Crippen molar-refractivity contribution in [1.82, 2.24) is 39.9 Å². The molecule has 0 atom stereocenters. The molecule has 0 aliphatic carbocycles. The van der Waals surface area contributed by atoms with Crippen LogP contribution in [0, 0.1) is 6.92 Å². The molecule has 2 amide bonds. The summed E-state index contributed by atoms with van der Waals surface area (Å²) in [6.07, 6.45) is 5.23. The van der Waals surface area contributed by atoms with Crippen LogP contribution < -0.4 is 21.7 Å². The van der Waals surface area contributed by atoms with Crippen molar-refractivity contribution in [3.63, 3.8) is 0 Å². The number of nitrogen functional groups attached to an aromatic ring is 1. The van der Waals surface area contributed by atoms with Crippen molar-refractivity contribution < 1.29 is 19.4 Å². The van der Waals surface area contributed by atoms with E-state index in [1.807, 2.05) is 123 Å². The van der Waals surface area contributed by atoms with Crippen molar-refractivity contribution in [1.29, 1.82) is 0 Å². The molecule has 7 rings (SSSR count). The van der Waals surface area contributed by atoms with Gasteiger partial charge in [0.2, 0.25) is 0 Å². The molecule has 0 bridgehead atoms. The number of hydrogen-bond donors (Lipinski definition) is 5. The van der Waals surface area contributed by atoms with Crippen LogP contribution in [0.3, 0.4) is 0 Å². The molecule has 7 aromatic rings. The van der Waals surface area contributed by atoms with Crippen molar-refractivity contribution >= 4 is 52.1 Å². The summed E-state index contributed by atoms with van der Waals surface area (Å²) in [4.78, 5) is 35.9. The maximum Gasteiger partial charge on any atom is 0.407 e. The molecule has 3 aromatic carbocycles. The predicted molar refractivity (Wildman–Crippen MR) is 227 cm³/mol. The van der Waals surface area contributed by atoms with Crippen LogP contribution in [0.4, 0.5) is 26.8 Å². The Hall–Kier alpha value is -6.93. The molecule has 0 saturated carbocycles. The summed E-state index contributed by atoms with van der Waals surface area (Å²) in [7, 11) is 0. The average molecular weight is 801 g/mol. The zero-order chi connectivity index (χ0) is 41.2. The van der Waals surface area contributed by atoms with E-state index in [9.17, 15) is 9.59 Å². The molecule has 0 saturated heterocycles. The van der Waals surface area contributed by atoms with Gasteiger partial charge in [-0.15, -0.1) is 0 Å². The summed E-state index contributed by atoms with van der Waals surface area (Å²) >= 11 is 6.75. The zero-order valence-electron chi connectivity index (χ0n) is 32.6. The summed E-state index contributed by atoms with van der Waals surface area (Å²) in [5, 5.41) is 22.1. The Kier molecular flexibility index (Phi) is 12.9. The largest absolute Gasteiger partial charge is 0.465 e. The van der Waals surface area contributed by atoms with Crippen LogP contribution in [0.25, 0.3) is 33.9 Å². The Labute approximate surface area is 341 Å². The molecule has 0 fully saturated rings. The maximum absolute atomic E-state index is 11.6. The van der Waals surface area contributed by atoms with Crippen molar-refractivity contribution in [2.75, 3.05) is 24.1 Å². The van der Waals surface area contributed by atoms with E-state index in [-0.39, 0.29) is 0 Å². The summed E-state index contributed by atoms with van der Waals surface area (Å²) in [5.41, 5.74) is 14.0. The van der Waals surface area contributed by atoms with Crippen LogP contribution in [-0.4, -0.2) is 65.3 Å². The molecular weight excluding hydrogens is 756 g/mol. The molecule has 4 heterocycles. The number of halogens is 1. The van der Waals surface area contributed by atoms with E-state index in [0.717, 1.165) is 57.0 Å². The molecule has 0 radical (unpaired) electrons. The number of imidazole rings is 1. The number of nitrogens with two attached hydrogens (primary N) is 1. The van der Waals surface area contributed by atoms with Crippen LogP contribution in [0.15, 0.2) is 116 Å². The number of nitrogens with one attached hydrogen (secondary N) is 3. The minimum Gasteiger partial charge on any atom is -0.465 e. The lowest BCUT2D eigenvalue weighted by molar-refractivity contribution is 0.0528. The van der Waals surface area contributed by atoms with Crippen molar-refractivity contribution in [2.24, 2.45) is 0 Å². The first-order valence-electron chi connectivity index (χ1n) is 18.6. The number of carboxylic acid groups (broad SMARTS) is 1. The van der Waals surface area contributed by atoms with E-state index < -0.39 is 17.8 Å². The molecule has 14 nitrogen and oxygen atoms in total. The maximum atomic E-state index is 11.6. The lowest BCUT2D eigenvalue weighted by Gasteiger charge is -2.19. The van der Waals surface area contributed by atoms with Crippen molar-refractivity contribution in [3.05, 3.63) is 137 Å². The van der Waals surface area contributed by atoms with Gasteiger partial charge in [-0.1, -0.05) is 35.9 Å². The fourth-order valence-corrected chi connectivity index (χ4v) is 6.15. The molecule has 58 heavy (non-hydrogen) atoms. The molecule has 6 N–H and O–H groups in total. The number of fused-ring (bicyclic) bond motifs is 1. The van der Waals surface area contributed by atoms with Crippen LogP contribution >= 0.6 is 11.6 Å². The number of benzene rings is 3. The number of alkyl carbamates (subject to hydrolysis) is 1. The first kappa shape index (κ1) is 40.7. The third kappa shape index (κ3) is 10.9. The number of nitrogens with zero attached hydrogens (tertiary/aromatic N) is 6. The third-order valence-electron chi connectivity index (χ3n) is 8.62. The van der Waals surface area contributed by atoms with Gasteiger partial charge in [-0.05, 0) is 124 Å². The van der Waals surface area contributed by atoms with Crippen molar-refractivity contribution in [3.8, 4) is 22.8 Å². The van der Waals surface area contributed by atoms with E-state index in [1.54, 1.807) is 29.2 Å². The van der Waals surface area contributed by atoms with Gasteiger partial charge in [0.1, 0.15) is 16.9 Å². The number of carbonyl (C=O) groups is 2. The highest BCUT2D eigenvalue weighted by atomic mass is 35.5. The number of pyridine rings is 2. The normalized spacial score (nSPS) is 11.1. The molecule has 298 valence electrons. The van der Waals surface area contributed by atoms with Gasteiger partial charge in [0.15, 0.2) is 11.5 Å². The second-order valence-electron chi connectivity index (χ2n) is 14.3. The lowest BCUT2D eigenvalue weighted by atomic mass is 10.1. The van der Waals surface area contributed by atoms with E-state index in [1.165, 1.54) is 0 Å². The van der Waals surface area contributed by atoms with Crippen LogP contribution in [0.1, 0.15) is 37.6 Å². The minimum atomic E-state index is -1.03. The topological polar surface area (TPSA) is 187 Å². The van der Waals surface area contributed by atoms with Crippen LogP contribution in [0.2, 0.25) is 5.02 Å². The Morgan fingerprint density at radius 3 is 2.14 bits per heavy atom. The number of ether oxygens (including phenoxy) is 1. The molecule has 0 aliphatic heterocycles. The monoisotopic (exact) mass is 800 g/mol. The Morgan fingerprint density at radius 1 is 0.845 bits per heavy atom. The van der Waals surface area contributed by atoms with Gasteiger partial charge in [-0.2, -0.15) is 5.10 Å². The van der Waals surface area contributed by atoms with Crippen LogP contribution in [0.5, 0.6) is 0 Å². The van der Waals surface area contributed by atoms with E-state index in [0.29, 0.717) is 41.9 Å². The molecule has 0 unspecified atom stereocenters. The first-order chi connectivity index (χ1) is 27.8. The Bertz CT molecular complexity index is 2490. The molecule has 0 spiro atoms. The highest BCUT2D eigenvalue weighted by Gasteiger charge is 2.19. The van der Waals surface area contributed by atoms with E-state index in [2.05, 4.69) is 31.0 Å². The number of amides is 2. The second kappa shape index (κ2) is 18.3. The molecule has 4 aromatic heterocycles. The minimum absolute atomic E-state index is 0.354. The Morgan fingerprint density at radius 2 is 1.50 bits per heavy atom. The number of aromatic nitrogens is 6. The van der Waals surface area contributed by atoms with E-state index in [4.69, 9.17) is 32.2 Å². The predicted octanol–water partition coefficient (Wildman–Crippen LogP) is 8.52. The van der Waals surface area contributed by atoms with Gasteiger partial charge in [-0.25, -0.2) is 29.2 Å². The van der Waals surface area contributed by atoms with Crippen LogP contribution in [-0.2, 0) is 17.6 Å². The SMILES string of the molecule is CC(C)(C)OC(=O)NCCc1ccc(Nc2ncccc2N)cc1.Cc1ccn(-c2ccc(-c3nc4cccnc4n3-c3ccc(CCNC(=O)O)cc3)c(Cl)c2)n1. The summed E-state index contributed by atoms with van der Waals surface area (Å²) in [6, 6.07) is 30.9. The van der Waals surface area contributed by atoms with E-state index >= 15 is 0 Å². The summed E-state index contributed by atoms with van der Waals surface area (Å²) in [6.45, 7) is 8.34. The van der Waals surface area contributed by atoms with Gasteiger partial charge in [-0.3, -0.25) is 4.57 Å². The van der Waals surface area contributed by atoms with Gasteiger partial charge < -0.3 is 31.5 Å². The first-order valence-corrected chi connectivity index (χ1v) is 19.0. The number of rotatable bonds is 11. The lowest BCUT2D eigenvalue weighted by Crippen LogP contribution is -2.33. The summed E-state index contributed by atoms with van der Waals surface area (Å²) < 4.78 is 8.96. The van der Waals surface area contributed by atoms with Crippen molar-refractivity contribution in [2.45, 2.75) is 46.1 Å². The fourth-order valence-electron chi connectivity index (χ4n) is 5.89. The number of hydrogen-bond acceptors (Lipinski definition) is 9. The standard InChI is InChI=1S/C25H21ClN6O2.C18H24N4O2/c1-16-11-14-31(30-16)19-8-9-20(21(26)15-19)23-29-22-3-2-12-27-24(22)32(23)18-6-4-17(5-7-18)10-13-28-25(33)34;1-18(2,3)24-17(23)21-12-10-13-6-8-14(9-7-13)22-16-15(19)5-4-11-20-16/h2-9,11-12,14-15,28H,10,13H2,1H3,(H,33,34);4-9,11H,10,12,19H2,1-3H3,(H,20,22)(H,21,23). The third-order valence-corrected chi connectivity index (χ3v) is 8.93. The summed E-state index contributed by atoms with van der Waals surface area (Å²) in [5.74, 6) is 1.32. The van der Waals surface area contributed by atoms with Gasteiger partial charge in [0.25, 0.3) is 0 Å². The average Bonchev–Trinajstić information content (AvgIpc) is 3.80. The molecule has 15 heteroatoms. The quantitative estimate of drug-likeness (QED) is 0.0849. The van der Waals surface area contributed by atoms with Gasteiger partial charge in [0, 0.05) is 48.6 Å².